The smallest absolute Gasteiger partial charge is 0.249 e. The zero-order valence-corrected chi connectivity index (χ0v) is 15.2. The number of hydrogen-bond acceptors (Lipinski definition) is 5. The highest BCUT2D eigenvalue weighted by atomic mass is 35.5. The van der Waals surface area contributed by atoms with Crippen molar-refractivity contribution in [3.05, 3.63) is 58.9 Å². The summed E-state index contributed by atoms with van der Waals surface area (Å²) in [6, 6.07) is 12.8. The monoisotopic (exact) mass is 371 g/mol. The third-order valence-corrected chi connectivity index (χ3v) is 4.10. The average Bonchev–Trinajstić information content (AvgIpc) is 3.09. The van der Waals surface area contributed by atoms with E-state index in [4.69, 9.17) is 20.8 Å². The van der Waals surface area contributed by atoms with E-state index in [-0.39, 0.29) is 12.3 Å². The molecule has 0 radical (unpaired) electrons. The number of halogens is 1. The minimum absolute atomic E-state index is 0.161. The van der Waals surface area contributed by atoms with E-state index in [2.05, 4.69) is 15.5 Å². The van der Waals surface area contributed by atoms with E-state index in [0.717, 1.165) is 5.56 Å². The fourth-order valence-corrected chi connectivity index (χ4v) is 2.67. The molecule has 0 aliphatic rings. The van der Waals surface area contributed by atoms with E-state index in [1.165, 1.54) is 0 Å². The lowest BCUT2D eigenvalue weighted by molar-refractivity contribution is -0.116. The number of aryl methyl sites for hydroxylation is 2. The van der Waals surface area contributed by atoms with Crippen LogP contribution in [0.15, 0.2) is 46.9 Å². The molecule has 0 saturated heterocycles. The highest BCUT2D eigenvalue weighted by Gasteiger charge is 2.13. The van der Waals surface area contributed by atoms with Crippen LogP contribution in [-0.4, -0.2) is 23.2 Å². The molecule has 0 saturated carbocycles. The van der Waals surface area contributed by atoms with Gasteiger partial charge in [-0.3, -0.25) is 4.79 Å². The van der Waals surface area contributed by atoms with Gasteiger partial charge in [0.2, 0.25) is 17.7 Å². The molecule has 3 rings (SSSR count). The predicted molar refractivity (Wildman–Crippen MR) is 99.4 cm³/mol. The Labute approximate surface area is 156 Å². The number of carbonyl (C=O) groups is 1. The topological polar surface area (TPSA) is 77.2 Å². The molecule has 0 atom stereocenters. The van der Waals surface area contributed by atoms with Gasteiger partial charge in [-0.25, -0.2) is 0 Å². The molecule has 6 nitrogen and oxygen atoms in total. The Morgan fingerprint density at radius 3 is 2.81 bits per heavy atom. The number of aromatic nitrogens is 2. The summed E-state index contributed by atoms with van der Waals surface area (Å²) in [6.07, 6.45) is 0.540. The number of rotatable bonds is 6. The van der Waals surface area contributed by atoms with Crippen LogP contribution in [-0.2, 0) is 11.2 Å². The molecular formula is C19H18ClN3O3. The van der Waals surface area contributed by atoms with Crippen molar-refractivity contribution in [2.24, 2.45) is 0 Å². The summed E-state index contributed by atoms with van der Waals surface area (Å²) in [6.45, 7) is 1.95. The van der Waals surface area contributed by atoms with Gasteiger partial charge in [0.05, 0.1) is 23.4 Å². The fourth-order valence-electron chi connectivity index (χ4n) is 2.45. The standard InChI is InChI=1S/C19H18ClN3O3/c1-12-7-8-16(25-2)15(11-12)21-17(24)9-10-18-22-23-19(26-18)13-5-3-4-6-14(13)20/h3-8,11H,9-10H2,1-2H3,(H,21,24). The average molecular weight is 372 g/mol. The van der Waals surface area contributed by atoms with Gasteiger partial charge in [-0.1, -0.05) is 29.8 Å². The first kappa shape index (κ1) is 17.9. The molecule has 0 aliphatic heterocycles. The molecule has 7 heteroatoms. The molecule has 134 valence electrons. The maximum Gasteiger partial charge on any atom is 0.249 e. The Kier molecular flexibility index (Phi) is 5.53. The fraction of sp³-hybridized carbons (Fsp3) is 0.211. The molecule has 3 aromatic rings. The largest absolute Gasteiger partial charge is 0.495 e. The molecule has 1 aromatic heterocycles. The number of amides is 1. The molecule has 0 bridgehead atoms. The van der Waals surface area contributed by atoms with E-state index < -0.39 is 0 Å². The molecule has 1 amide bonds. The number of nitrogens with zero attached hydrogens (tertiary/aromatic N) is 2. The van der Waals surface area contributed by atoms with Crippen molar-refractivity contribution in [1.29, 1.82) is 0 Å². The summed E-state index contributed by atoms with van der Waals surface area (Å²) >= 11 is 6.12. The van der Waals surface area contributed by atoms with Gasteiger partial charge in [0.15, 0.2) is 0 Å². The first-order valence-corrected chi connectivity index (χ1v) is 8.46. The first-order valence-electron chi connectivity index (χ1n) is 8.08. The maximum atomic E-state index is 12.2. The number of methoxy groups -OCH3 is 1. The van der Waals surface area contributed by atoms with Crippen molar-refractivity contribution in [2.45, 2.75) is 19.8 Å². The Bertz CT molecular complexity index is 924. The number of hydrogen-bond donors (Lipinski definition) is 1. The van der Waals surface area contributed by atoms with Crippen LogP contribution in [0.4, 0.5) is 5.69 Å². The molecule has 0 aliphatic carbocycles. The number of benzene rings is 2. The van der Waals surface area contributed by atoms with Crippen molar-refractivity contribution in [3.8, 4) is 17.2 Å². The third kappa shape index (κ3) is 4.21. The van der Waals surface area contributed by atoms with Crippen LogP contribution in [0.1, 0.15) is 17.9 Å². The summed E-state index contributed by atoms with van der Waals surface area (Å²) in [5.74, 6) is 1.17. The van der Waals surface area contributed by atoms with Crippen LogP contribution in [0, 0.1) is 6.92 Å². The van der Waals surface area contributed by atoms with Gasteiger partial charge < -0.3 is 14.5 Å². The van der Waals surface area contributed by atoms with Gasteiger partial charge in [0.25, 0.3) is 0 Å². The Balaban J connectivity index is 1.62. The van der Waals surface area contributed by atoms with Crippen molar-refractivity contribution >= 4 is 23.2 Å². The summed E-state index contributed by atoms with van der Waals surface area (Å²) < 4.78 is 10.9. The lowest BCUT2D eigenvalue weighted by Crippen LogP contribution is -2.13. The molecular weight excluding hydrogens is 354 g/mol. The minimum atomic E-state index is -0.161. The molecule has 0 unspecified atom stereocenters. The SMILES string of the molecule is COc1ccc(C)cc1NC(=O)CCc1nnc(-c2ccccc2Cl)o1. The second-order valence-electron chi connectivity index (χ2n) is 5.73. The zero-order chi connectivity index (χ0) is 18.5. The van der Waals surface area contributed by atoms with Crippen molar-refractivity contribution < 1.29 is 13.9 Å². The number of anilines is 1. The third-order valence-electron chi connectivity index (χ3n) is 3.77. The Morgan fingerprint density at radius 2 is 2.04 bits per heavy atom. The minimum Gasteiger partial charge on any atom is -0.495 e. The lowest BCUT2D eigenvalue weighted by atomic mass is 10.2. The van der Waals surface area contributed by atoms with Crippen LogP contribution >= 0.6 is 11.6 Å². The van der Waals surface area contributed by atoms with Crippen LogP contribution in [0.25, 0.3) is 11.5 Å². The van der Waals surface area contributed by atoms with Crippen LogP contribution in [0.3, 0.4) is 0 Å². The first-order chi connectivity index (χ1) is 12.6. The molecule has 2 aromatic carbocycles. The highest BCUT2D eigenvalue weighted by Crippen LogP contribution is 2.27. The summed E-state index contributed by atoms with van der Waals surface area (Å²) in [5, 5.41) is 11.4. The van der Waals surface area contributed by atoms with Gasteiger partial charge in [0.1, 0.15) is 5.75 Å². The van der Waals surface area contributed by atoms with Crippen molar-refractivity contribution in [3.63, 3.8) is 0 Å². The quantitative estimate of drug-likeness (QED) is 0.699. The number of nitrogens with one attached hydrogen (secondary N) is 1. The van der Waals surface area contributed by atoms with E-state index >= 15 is 0 Å². The van der Waals surface area contributed by atoms with E-state index in [1.807, 2.05) is 37.3 Å². The zero-order valence-electron chi connectivity index (χ0n) is 14.5. The highest BCUT2D eigenvalue weighted by molar-refractivity contribution is 6.33. The van der Waals surface area contributed by atoms with Gasteiger partial charge in [-0.2, -0.15) is 0 Å². The van der Waals surface area contributed by atoms with E-state index in [0.29, 0.717) is 40.2 Å². The van der Waals surface area contributed by atoms with Crippen LogP contribution in [0.5, 0.6) is 5.75 Å². The summed E-state index contributed by atoms with van der Waals surface area (Å²) in [4.78, 5) is 12.2. The Hall–Kier alpha value is -2.86. The number of ether oxygens (including phenoxy) is 1. The second-order valence-corrected chi connectivity index (χ2v) is 6.14. The molecule has 1 N–H and O–H groups in total. The second kappa shape index (κ2) is 8.01. The van der Waals surface area contributed by atoms with Crippen molar-refractivity contribution in [1.82, 2.24) is 10.2 Å². The van der Waals surface area contributed by atoms with Gasteiger partial charge >= 0.3 is 0 Å². The lowest BCUT2D eigenvalue weighted by Gasteiger charge is -2.10. The molecule has 0 fully saturated rings. The molecule has 0 spiro atoms. The normalized spacial score (nSPS) is 10.6. The summed E-state index contributed by atoms with van der Waals surface area (Å²) in [5.41, 5.74) is 2.34. The van der Waals surface area contributed by atoms with Gasteiger partial charge in [-0.15, -0.1) is 10.2 Å². The van der Waals surface area contributed by atoms with Crippen molar-refractivity contribution in [2.75, 3.05) is 12.4 Å². The molecule has 26 heavy (non-hydrogen) atoms. The van der Waals surface area contributed by atoms with E-state index in [1.54, 1.807) is 19.2 Å². The van der Waals surface area contributed by atoms with Gasteiger partial charge in [0, 0.05) is 12.8 Å². The number of carbonyl (C=O) groups excluding carboxylic acids is 1. The van der Waals surface area contributed by atoms with Crippen LogP contribution < -0.4 is 10.1 Å². The Morgan fingerprint density at radius 1 is 1.23 bits per heavy atom. The predicted octanol–water partition coefficient (Wildman–Crippen LogP) is 4.28. The van der Waals surface area contributed by atoms with Gasteiger partial charge in [-0.05, 0) is 36.8 Å². The summed E-state index contributed by atoms with van der Waals surface area (Å²) in [7, 11) is 1.56. The van der Waals surface area contributed by atoms with E-state index in [9.17, 15) is 4.79 Å². The maximum absolute atomic E-state index is 12.2. The molecule has 1 heterocycles. The van der Waals surface area contributed by atoms with Crippen LogP contribution in [0.2, 0.25) is 5.02 Å².